The van der Waals surface area contributed by atoms with Crippen LogP contribution in [0.3, 0.4) is 0 Å². The molecule has 1 aliphatic carbocycles. The van der Waals surface area contributed by atoms with Crippen molar-refractivity contribution in [2.24, 2.45) is 5.92 Å². The molecule has 0 radical (unpaired) electrons. The van der Waals surface area contributed by atoms with Crippen LogP contribution in [0.15, 0.2) is 0 Å². The Morgan fingerprint density at radius 2 is 2.23 bits per heavy atom. The number of nitrogens with one attached hydrogen (secondary N) is 1. The lowest BCUT2D eigenvalue weighted by molar-refractivity contribution is 0.0131. The van der Waals surface area contributed by atoms with Crippen molar-refractivity contribution < 1.29 is 9.84 Å². The van der Waals surface area contributed by atoms with E-state index in [4.69, 9.17) is 4.74 Å². The second kappa shape index (κ2) is 4.94. The quantitative estimate of drug-likeness (QED) is 0.579. The molecule has 0 heterocycles. The van der Waals surface area contributed by atoms with Gasteiger partial charge in [-0.15, -0.1) is 0 Å². The van der Waals surface area contributed by atoms with E-state index in [1.165, 1.54) is 12.8 Å². The van der Waals surface area contributed by atoms with Crippen LogP contribution >= 0.6 is 0 Å². The van der Waals surface area contributed by atoms with Crippen LogP contribution < -0.4 is 5.32 Å². The first-order chi connectivity index (χ1) is 6.23. The molecule has 0 aromatic heterocycles. The van der Waals surface area contributed by atoms with E-state index in [1.54, 1.807) is 7.11 Å². The number of aliphatic hydroxyl groups is 1. The smallest absolute Gasteiger partial charge is 0.0796 e. The molecule has 0 spiro atoms. The van der Waals surface area contributed by atoms with Crippen LogP contribution in [0.25, 0.3) is 0 Å². The van der Waals surface area contributed by atoms with Gasteiger partial charge in [-0.1, -0.05) is 6.92 Å². The summed E-state index contributed by atoms with van der Waals surface area (Å²) in [5.74, 6) is 0.535. The van der Waals surface area contributed by atoms with E-state index in [2.05, 4.69) is 12.2 Å². The SMILES string of the molecule is CCC(O)(CNCCOC)C1CC1. The number of ether oxygens (including phenoxy) is 1. The van der Waals surface area contributed by atoms with Crippen LogP contribution in [0, 0.1) is 5.92 Å². The Labute approximate surface area is 80.5 Å². The molecule has 1 unspecified atom stereocenters. The van der Waals surface area contributed by atoms with Gasteiger partial charge in [0.05, 0.1) is 12.2 Å². The van der Waals surface area contributed by atoms with Gasteiger partial charge in [-0.3, -0.25) is 0 Å². The Balaban J connectivity index is 2.15. The highest BCUT2D eigenvalue weighted by molar-refractivity contribution is 4.95. The molecule has 1 fully saturated rings. The molecule has 3 nitrogen and oxygen atoms in total. The standard InChI is InChI=1S/C10H21NO2/c1-3-10(12,9-4-5-9)8-11-6-7-13-2/h9,11-12H,3-8H2,1-2H3. The molecule has 0 bridgehead atoms. The van der Waals surface area contributed by atoms with Crippen LogP contribution in [0.2, 0.25) is 0 Å². The molecule has 1 rings (SSSR count). The van der Waals surface area contributed by atoms with E-state index >= 15 is 0 Å². The Hall–Kier alpha value is -0.120. The molecule has 0 amide bonds. The van der Waals surface area contributed by atoms with Gasteiger partial charge in [-0.25, -0.2) is 0 Å². The molecular formula is C10H21NO2. The van der Waals surface area contributed by atoms with Crippen LogP contribution in [-0.4, -0.2) is 37.5 Å². The molecule has 2 N–H and O–H groups in total. The average Bonchev–Trinajstić information content (AvgIpc) is 2.95. The maximum Gasteiger partial charge on any atom is 0.0796 e. The number of hydrogen-bond acceptors (Lipinski definition) is 3. The zero-order chi connectivity index (χ0) is 9.73. The monoisotopic (exact) mass is 187 g/mol. The van der Waals surface area contributed by atoms with Crippen LogP contribution in [-0.2, 0) is 4.74 Å². The maximum atomic E-state index is 10.2. The third kappa shape index (κ3) is 3.25. The summed E-state index contributed by atoms with van der Waals surface area (Å²) in [6, 6.07) is 0. The largest absolute Gasteiger partial charge is 0.388 e. The second-order valence-electron chi connectivity index (χ2n) is 3.90. The highest BCUT2D eigenvalue weighted by atomic mass is 16.5. The number of hydrogen-bond donors (Lipinski definition) is 2. The van der Waals surface area contributed by atoms with Gasteiger partial charge in [0.15, 0.2) is 0 Å². The second-order valence-corrected chi connectivity index (χ2v) is 3.90. The van der Waals surface area contributed by atoms with Crippen LogP contribution in [0.5, 0.6) is 0 Å². The van der Waals surface area contributed by atoms with Gasteiger partial charge in [0.1, 0.15) is 0 Å². The normalized spacial score (nSPS) is 21.5. The van der Waals surface area contributed by atoms with E-state index in [9.17, 15) is 5.11 Å². The summed E-state index contributed by atoms with van der Waals surface area (Å²) in [6.07, 6.45) is 3.23. The summed E-state index contributed by atoms with van der Waals surface area (Å²) in [5, 5.41) is 13.4. The molecule has 0 aliphatic heterocycles. The summed E-state index contributed by atoms with van der Waals surface area (Å²) in [4.78, 5) is 0. The van der Waals surface area contributed by atoms with Crippen molar-refractivity contribution in [3.63, 3.8) is 0 Å². The van der Waals surface area contributed by atoms with Crippen LogP contribution in [0.4, 0.5) is 0 Å². The van der Waals surface area contributed by atoms with E-state index in [-0.39, 0.29) is 0 Å². The molecule has 13 heavy (non-hydrogen) atoms. The molecule has 0 aromatic rings. The van der Waals surface area contributed by atoms with Gasteiger partial charge in [-0.05, 0) is 25.2 Å². The van der Waals surface area contributed by atoms with Crippen molar-refractivity contribution in [3.05, 3.63) is 0 Å². The predicted molar refractivity (Wildman–Crippen MR) is 52.7 cm³/mol. The zero-order valence-electron chi connectivity index (χ0n) is 8.68. The predicted octanol–water partition coefficient (Wildman–Crippen LogP) is 0.773. The zero-order valence-corrected chi connectivity index (χ0v) is 8.68. The molecule has 1 atom stereocenters. The van der Waals surface area contributed by atoms with Gasteiger partial charge in [0.2, 0.25) is 0 Å². The molecule has 1 aliphatic rings. The highest BCUT2D eigenvalue weighted by Gasteiger charge is 2.41. The van der Waals surface area contributed by atoms with Gasteiger partial charge in [0, 0.05) is 20.2 Å². The number of methoxy groups -OCH3 is 1. The minimum absolute atomic E-state index is 0.465. The lowest BCUT2D eigenvalue weighted by atomic mass is 9.95. The molecule has 1 saturated carbocycles. The summed E-state index contributed by atoms with van der Waals surface area (Å²) in [5.41, 5.74) is -0.465. The van der Waals surface area contributed by atoms with Crippen LogP contribution in [0.1, 0.15) is 26.2 Å². The van der Waals surface area contributed by atoms with Gasteiger partial charge in [-0.2, -0.15) is 0 Å². The first kappa shape index (κ1) is 11.0. The molecule has 0 aromatic carbocycles. The lowest BCUT2D eigenvalue weighted by Gasteiger charge is -2.27. The minimum Gasteiger partial charge on any atom is -0.388 e. The highest BCUT2D eigenvalue weighted by Crippen LogP contribution is 2.41. The van der Waals surface area contributed by atoms with Gasteiger partial charge in [0.25, 0.3) is 0 Å². The summed E-state index contributed by atoms with van der Waals surface area (Å²) in [6.45, 7) is 4.30. The van der Waals surface area contributed by atoms with Gasteiger partial charge < -0.3 is 15.2 Å². The third-order valence-corrected chi connectivity index (χ3v) is 2.86. The van der Waals surface area contributed by atoms with E-state index in [0.29, 0.717) is 19.1 Å². The van der Waals surface area contributed by atoms with Crippen molar-refractivity contribution in [1.82, 2.24) is 5.32 Å². The fraction of sp³-hybridized carbons (Fsp3) is 1.00. The van der Waals surface area contributed by atoms with Crippen molar-refractivity contribution in [3.8, 4) is 0 Å². The molecular weight excluding hydrogens is 166 g/mol. The Bertz CT molecular complexity index is 148. The summed E-state index contributed by atoms with van der Waals surface area (Å²) in [7, 11) is 1.69. The van der Waals surface area contributed by atoms with E-state index < -0.39 is 5.60 Å². The van der Waals surface area contributed by atoms with Crippen molar-refractivity contribution in [1.29, 1.82) is 0 Å². The Kier molecular flexibility index (Phi) is 4.16. The Morgan fingerprint density at radius 1 is 1.54 bits per heavy atom. The summed E-state index contributed by atoms with van der Waals surface area (Å²) < 4.78 is 4.92. The fourth-order valence-electron chi connectivity index (χ4n) is 1.66. The van der Waals surface area contributed by atoms with E-state index in [0.717, 1.165) is 13.0 Å². The molecule has 78 valence electrons. The van der Waals surface area contributed by atoms with Crippen molar-refractivity contribution in [2.45, 2.75) is 31.8 Å². The fourth-order valence-corrected chi connectivity index (χ4v) is 1.66. The third-order valence-electron chi connectivity index (χ3n) is 2.86. The first-order valence-corrected chi connectivity index (χ1v) is 5.15. The molecule has 3 heteroatoms. The maximum absolute atomic E-state index is 10.2. The lowest BCUT2D eigenvalue weighted by Crippen LogP contribution is -2.43. The van der Waals surface area contributed by atoms with E-state index in [1.807, 2.05) is 0 Å². The van der Waals surface area contributed by atoms with Crippen molar-refractivity contribution in [2.75, 3.05) is 26.8 Å². The topological polar surface area (TPSA) is 41.5 Å². The average molecular weight is 187 g/mol. The minimum atomic E-state index is -0.465. The number of rotatable bonds is 7. The first-order valence-electron chi connectivity index (χ1n) is 5.15. The van der Waals surface area contributed by atoms with Gasteiger partial charge >= 0.3 is 0 Å². The molecule has 0 saturated heterocycles. The summed E-state index contributed by atoms with van der Waals surface area (Å²) >= 11 is 0. The van der Waals surface area contributed by atoms with Crippen molar-refractivity contribution >= 4 is 0 Å². The Morgan fingerprint density at radius 3 is 2.69 bits per heavy atom.